The molecule has 5 nitrogen and oxygen atoms in total. The normalized spacial score (nSPS) is 12.3. The molecule has 1 unspecified atom stereocenters. The van der Waals surface area contributed by atoms with E-state index in [1.54, 1.807) is 26.1 Å². The molecule has 0 radical (unpaired) electrons. The lowest BCUT2D eigenvalue weighted by Crippen LogP contribution is -2.22. The predicted molar refractivity (Wildman–Crippen MR) is 72.9 cm³/mol. The SMILES string of the molecule is CCC(N)Cc1ccc(OCC(=O)OC(C)C)cn1. The maximum atomic E-state index is 11.3. The third-order valence-corrected chi connectivity index (χ3v) is 2.52. The molecule has 0 bridgehead atoms. The van der Waals surface area contributed by atoms with Gasteiger partial charge in [-0.2, -0.15) is 0 Å². The van der Waals surface area contributed by atoms with Crippen molar-refractivity contribution in [2.75, 3.05) is 6.61 Å². The van der Waals surface area contributed by atoms with Crippen LogP contribution in [0.2, 0.25) is 0 Å². The van der Waals surface area contributed by atoms with Crippen LogP contribution in [0.1, 0.15) is 32.9 Å². The van der Waals surface area contributed by atoms with Gasteiger partial charge in [0, 0.05) is 18.2 Å². The average Bonchev–Trinajstić information content (AvgIpc) is 2.37. The monoisotopic (exact) mass is 266 g/mol. The molecule has 0 aliphatic heterocycles. The van der Waals surface area contributed by atoms with E-state index in [9.17, 15) is 4.79 Å². The number of hydrogen-bond donors (Lipinski definition) is 1. The molecular formula is C14H22N2O3. The summed E-state index contributed by atoms with van der Waals surface area (Å²) in [6.07, 6.45) is 3.13. The molecule has 1 heterocycles. The zero-order valence-electron chi connectivity index (χ0n) is 11.8. The van der Waals surface area contributed by atoms with Gasteiger partial charge < -0.3 is 15.2 Å². The Bertz CT molecular complexity index is 390. The van der Waals surface area contributed by atoms with Crippen molar-refractivity contribution in [2.45, 2.75) is 45.8 Å². The molecule has 2 N–H and O–H groups in total. The average molecular weight is 266 g/mol. The van der Waals surface area contributed by atoms with Crippen LogP contribution in [0.15, 0.2) is 18.3 Å². The summed E-state index contributed by atoms with van der Waals surface area (Å²) in [7, 11) is 0. The molecule has 1 rings (SSSR count). The van der Waals surface area contributed by atoms with E-state index in [1.165, 1.54) is 0 Å². The molecule has 0 aromatic carbocycles. The summed E-state index contributed by atoms with van der Waals surface area (Å²) in [6.45, 7) is 5.53. The van der Waals surface area contributed by atoms with E-state index in [4.69, 9.17) is 15.2 Å². The van der Waals surface area contributed by atoms with Crippen LogP contribution in [0.25, 0.3) is 0 Å². The molecule has 0 aliphatic carbocycles. The predicted octanol–water partition coefficient (Wildman–Crippen LogP) is 1.69. The molecule has 1 aromatic rings. The Morgan fingerprint density at radius 3 is 2.68 bits per heavy atom. The van der Waals surface area contributed by atoms with Crippen LogP contribution in [-0.2, 0) is 16.0 Å². The highest BCUT2D eigenvalue weighted by molar-refractivity contribution is 5.71. The van der Waals surface area contributed by atoms with Crippen molar-refractivity contribution in [3.63, 3.8) is 0 Å². The Hall–Kier alpha value is -1.62. The molecule has 1 aromatic heterocycles. The molecule has 1 atom stereocenters. The van der Waals surface area contributed by atoms with Gasteiger partial charge in [0.25, 0.3) is 0 Å². The largest absolute Gasteiger partial charge is 0.480 e. The van der Waals surface area contributed by atoms with Gasteiger partial charge in [-0.25, -0.2) is 4.79 Å². The molecule has 0 saturated carbocycles. The van der Waals surface area contributed by atoms with Gasteiger partial charge in [0.15, 0.2) is 6.61 Å². The maximum absolute atomic E-state index is 11.3. The van der Waals surface area contributed by atoms with Crippen molar-refractivity contribution >= 4 is 5.97 Å². The first-order chi connectivity index (χ1) is 9.01. The fourth-order valence-electron chi connectivity index (χ4n) is 1.47. The van der Waals surface area contributed by atoms with E-state index in [0.717, 1.165) is 18.5 Å². The number of ether oxygens (including phenoxy) is 2. The molecule has 0 amide bonds. The Balaban J connectivity index is 2.42. The van der Waals surface area contributed by atoms with E-state index in [-0.39, 0.29) is 24.7 Å². The number of nitrogens with zero attached hydrogens (tertiary/aromatic N) is 1. The first-order valence-corrected chi connectivity index (χ1v) is 6.54. The highest BCUT2D eigenvalue weighted by Crippen LogP contribution is 2.10. The van der Waals surface area contributed by atoms with Gasteiger partial charge >= 0.3 is 5.97 Å². The second-order valence-electron chi connectivity index (χ2n) is 4.68. The third kappa shape index (κ3) is 6.20. The number of nitrogens with two attached hydrogens (primary N) is 1. The second kappa shape index (κ2) is 7.74. The first kappa shape index (κ1) is 15.4. The standard InChI is InChI=1S/C14H22N2O3/c1-4-11(15)7-12-5-6-13(8-16-12)18-9-14(17)19-10(2)3/h5-6,8,10-11H,4,7,9,15H2,1-3H3. The fraction of sp³-hybridized carbons (Fsp3) is 0.571. The topological polar surface area (TPSA) is 74.4 Å². The maximum Gasteiger partial charge on any atom is 0.344 e. The lowest BCUT2D eigenvalue weighted by atomic mass is 10.1. The number of esters is 1. The summed E-state index contributed by atoms with van der Waals surface area (Å²) in [6, 6.07) is 3.77. The summed E-state index contributed by atoms with van der Waals surface area (Å²) in [4.78, 5) is 15.5. The quantitative estimate of drug-likeness (QED) is 0.760. The fourth-order valence-corrected chi connectivity index (χ4v) is 1.47. The van der Waals surface area contributed by atoms with Crippen LogP contribution >= 0.6 is 0 Å². The van der Waals surface area contributed by atoms with Crippen LogP contribution in [0, 0.1) is 0 Å². The van der Waals surface area contributed by atoms with Gasteiger partial charge in [0.05, 0.1) is 12.3 Å². The van der Waals surface area contributed by atoms with Gasteiger partial charge in [0.2, 0.25) is 0 Å². The van der Waals surface area contributed by atoms with Crippen LogP contribution in [-0.4, -0.2) is 29.7 Å². The number of aromatic nitrogens is 1. The number of hydrogen-bond acceptors (Lipinski definition) is 5. The zero-order chi connectivity index (χ0) is 14.3. The smallest absolute Gasteiger partial charge is 0.344 e. The summed E-state index contributed by atoms with van der Waals surface area (Å²) >= 11 is 0. The molecule has 0 saturated heterocycles. The lowest BCUT2D eigenvalue weighted by Gasteiger charge is -2.10. The van der Waals surface area contributed by atoms with Crippen molar-refractivity contribution in [3.05, 3.63) is 24.0 Å². The minimum atomic E-state index is -0.382. The van der Waals surface area contributed by atoms with Crippen molar-refractivity contribution < 1.29 is 14.3 Å². The number of carbonyl (C=O) groups excluding carboxylic acids is 1. The Morgan fingerprint density at radius 2 is 2.16 bits per heavy atom. The molecule has 5 heteroatoms. The summed E-state index contributed by atoms with van der Waals surface area (Å²) in [5.41, 5.74) is 6.78. The van der Waals surface area contributed by atoms with Crippen LogP contribution < -0.4 is 10.5 Å². The molecule has 0 fully saturated rings. The van der Waals surface area contributed by atoms with Gasteiger partial charge in [-0.05, 0) is 32.4 Å². The van der Waals surface area contributed by atoms with Crippen molar-refractivity contribution in [1.29, 1.82) is 0 Å². The Kier molecular flexibility index (Phi) is 6.29. The lowest BCUT2D eigenvalue weighted by molar-refractivity contribution is -0.149. The summed E-state index contributed by atoms with van der Waals surface area (Å²) in [5, 5.41) is 0. The molecule has 0 aliphatic rings. The minimum absolute atomic E-state index is 0.103. The van der Waals surface area contributed by atoms with E-state index < -0.39 is 0 Å². The van der Waals surface area contributed by atoms with Gasteiger partial charge in [-0.1, -0.05) is 6.92 Å². The van der Waals surface area contributed by atoms with E-state index >= 15 is 0 Å². The summed E-state index contributed by atoms with van der Waals surface area (Å²) in [5.74, 6) is 0.168. The Morgan fingerprint density at radius 1 is 1.42 bits per heavy atom. The summed E-state index contributed by atoms with van der Waals surface area (Å²) < 4.78 is 10.2. The van der Waals surface area contributed by atoms with Gasteiger partial charge in [-0.3, -0.25) is 4.98 Å². The molecule has 0 spiro atoms. The molecular weight excluding hydrogens is 244 g/mol. The van der Waals surface area contributed by atoms with E-state index in [1.807, 2.05) is 13.0 Å². The molecule has 19 heavy (non-hydrogen) atoms. The van der Waals surface area contributed by atoms with Crippen LogP contribution in [0.4, 0.5) is 0 Å². The van der Waals surface area contributed by atoms with Crippen molar-refractivity contribution in [1.82, 2.24) is 4.98 Å². The van der Waals surface area contributed by atoms with Crippen molar-refractivity contribution in [3.8, 4) is 5.75 Å². The first-order valence-electron chi connectivity index (χ1n) is 6.54. The number of rotatable bonds is 7. The van der Waals surface area contributed by atoms with Gasteiger partial charge in [0.1, 0.15) is 5.75 Å². The highest BCUT2D eigenvalue weighted by Gasteiger charge is 2.07. The third-order valence-electron chi connectivity index (χ3n) is 2.52. The Labute approximate surface area is 114 Å². The zero-order valence-corrected chi connectivity index (χ0v) is 11.8. The van der Waals surface area contributed by atoms with Crippen LogP contribution in [0.5, 0.6) is 5.75 Å². The number of carbonyl (C=O) groups is 1. The van der Waals surface area contributed by atoms with Gasteiger partial charge in [-0.15, -0.1) is 0 Å². The van der Waals surface area contributed by atoms with E-state index in [0.29, 0.717) is 5.75 Å². The minimum Gasteiger partial charge on any atom is -0.480 e. The molecule has 106 valence electrons. The van der Waals surface area contributed by atoms with E-state index in [2.05, 4.69) is 4.98 Å². The second-order valence-corrected chi connectivity index (χ2v) is 4.68. The number of pyridine rings is 1. The van der Waals surface area contributed by atoms with Crippen molar-refractivity contribution in [2.24, 2.45) is 5.73 Å². The highest BCUT2D eigenvalue weighted by atomic mass is 16.6. The van der Waals surface area contributed by atoms with Crippen LogP contribution in [0.3, 0.4) is 0 Å².